The van der Waals surface area contributed by atoms with E-state index in [0.717, 1.165) is 11.7 Å². The van der Waals surface area contributed by atoms with E-state index in [1.807, 2.05) is 0 Å². The second-order valence-electron chi connectivity index (χ2n) is 6.01. The fraction of sp³-hybridized carbons (Fsp3) is 0.667. The van der Waals surface area contributed by atoms with Gasteiger partial charge in [-0.05, 0) is 68.3 Å². The molecule has 1 atom stereocenters. The summed E-state index contributed by atoms with van der Waals surface area (Å²) in [6.07, 6.45) is 6.22. The first-order chi connectivity index (χ1) is 9.78. The molecule has 0 bridgehead atoms. The summed E-state index contributed by atoms with van der Waals surface area (Å²) in [6.45, 7) is 8.32. The number of fused-ring (bicyclic) bond motifs is 1. The number of rotatable bonds is 7. The number of nitrogens with zero attached hydrogens (tertiary/aromatic N) is 1. The molecule has 112 valence electrons. The predicted octanol–water partition coefficient (Wildman–Crippen LogP) is 3.92. The highest BCUT2D eigenvalue weighted by Gasteiger charge is 2.22. The van der Waals surface area contributed by atoms with Crippen LogP contribution in [0.5, 0.6) is 5.75 Å². The van der Waals surface area contributed by atoms with Gasteiger partial charge in [-0.3, -0.25) is 0 Å². The molecular formula is C18H29NO. The molecule has 0 heterocycles. The minimum atomic E-state index is 0.813. The third kappa shape index (κ3) is 3.76. The maximum absolute atomic E-state index is 5.50. The smallest absolute Gasteiger partial charge is 0.122 e. The fourth-order valence-electron chi connectivity index (χ4n) is 3.49. The van der Waals surface area contributed by atoms with E-state index < -0.39 is 0 Å². The third-order valence-electron chi connectivity index (χ3n) is 4.36. The predicted molar refractivity (Wildman–Crippen MR) is 85.5 cm³/mol. The lowest BCUT2D eigenvalue weighted by Crippen LogP contribution is -2.33. The summed E-state index contributed by atoms with van der Waals surface area (Å²) in [6, 6.07) is 6.52. The lowest BCUT2D eigenvalue weighted by molar-refractivity contribution is 0.219. The minimum Gasteiger partial charge on any atom is -0.496 e. The second-order valence-corrected chi connectivity index (χ2v) is 6.01. The van der Waals surface area contributed by atoms with Crippen molar-refractivity contribution >= 4 is 0 Å². The molecule has 0 radical (unpaired) electrons. The first-order valence-corrected chi connectivity index (χ1v) is 8.15. The zero-order valence-corrected chi connectivity index (χ0v) is 13.3. The number of hydrogen-bond acceptors (Lipinski definition) is 2. The van der Waals surface area contributed by atoms with Crippen molar-refractivity contribution in [2.75, 3.05) is 26.7 Å². The van der Waals surface area contributed by atoms with Gasteiger partial charge in [0, 0.05) is 6.54 Å². The molecule has 2 nitrogen and oxygen atoms in total. The molecule has 0 N–H and O–H groups in total. The first-order valence-electron chi connectivity index (χ1n) is 8.15. The Bertz CT molecular complexity index is 410. The Morgan fingerprint density at radius 2 is 1.95 bits per heavy atom. The van der Waals surface area contributed by atoms with E-state index in [4.69, 9.17) is 4.74 Å². The van der Waals surface area contributed by atoms with Crippen LogP contribution >= 0.6 is 0 Å². The SMILES string of the molecule is CCCN(CCC)C[C@@H]1CCc2c(cccc2OC)C1. The van der Waals surface area contributed by atoms with E-state index in [9.17, 15) is 0 Å². The van der Waals surface area contributed by atoms with Crippen LogP contribution in [0.25, 0.3) is 0 Å². The van der Waals surface area contributed by atoms with E-state index in [1.165, 1.54) is 62.9 Å². The van der Waals surface area contributed by atoms with Crippen molar-refractivity contribution in [1.29, 1.82) is 0 Å². The van der Waals surface area contributed by atoms with Crippen LogP contribution in [0.1, 0.15) is 44.2 Å². The average Bonchev–Trinajstić information content (AvgIpc) is 2.47. The summed E-state index contributed by atoms with van der Waals surface area (Å²) in [5.74, 6) is 1.90. The molecule has 0 amide bonds. The Kier molecular flexibility index (Phi) is 5.90. The average molecular weight is 275 g/mol. The first kappa shape index (κ1) is 15.4. The molecule has 1 aliphatic carbocycles. The second kappa shape index (κ2) is 7.68. The molecule has 2 heteroatoms. The van der Waals surface area contributed by atoms with E-state index in [1.54, 1.807) is 7.11 Å². The van der Waals surface area contributed by atoms with Gasteiger partial charge in [0.2, 0.25) is 0 Å². The van der Waals surface area contributed by atoms with E-state index >= 15 is 0 Å². The van der Waals surface area contributed by atoms with Crippen LogP contribution in [0.4, 0.5) is 0 Å². The Morgan fingerprint density at radius 3 is 2.60 bits per heavy atom. The summed E-state index contributed by atoms with van der Waals surface area (Å²) in [5, 5.41) is 0. The van der Waals surface area contributed by atoms with Gasteiger partial charge < -0.3 is 9.64 Å². The van der Waals surface area contributed by atoms with E-state index in [2.05, 4.69) is 36.9 Å². The molecule has 0 fully saturated rings. The molecular weight excluding hydrogens is 246 g/mol. The molecule has 20 heavy (non-hydrogen) atoms. The molecule has 0 saturated carbocycles. The van der Waals surface area contributed by atoms with Gasteiger partial charge >= 0.3 is 0 Å². The van der Waals surface area contributed by atoms with Crippen molar-refractivity contribution in [3.05, 3.63) is 29.3 Å². The Labute approximate surface area is 124 Å². The lowest BCUT2D eigenvalue weighted by atomic mass is 9.83. The zero-order valence-electron chi connectivity index (χ0n) is 13.3. The normalized spacial score (nSPS) is 18.1. The summed E-state index contributed by atoms with van der Waals surface area (Å²) < 4.78 is 5.50. The van der Waals surface area contributed by atoms with Gasteiger partial charge in [0.15, 0.2) is 0 Å². The molecule has 0 unspecified atom stereocenters. The Balaban J connectivity index is 2.00. The fourth-order valence-corrected chi connectivity index (χ4v) is 3.49. The van der Waals surface area contributed by atoms with Gasteiger partial charge in [-0.25, -0.2) is 0 Å². The van der Waals surface area contributed by atoms with Crippen molar-refractivity contribution in [2.45, 2.75) is 46.0 Å². The molecule has 1 aliphatic rings. The quantitative estimate of drug-likeness (QED) is 0.748. The van der Waals surface area contributed by atoms with Crippen molar-refractivity contribution < 1.29 is 4.74 Å². The van der Waals surface area contributed by atoms with E-state index in [0.29, 0.717) is 0 Å². The van der Waals surface area contributed by atoms with E-state index in [-0.39, 0.29) is 0 Å². The van der Waals surface area contributed by atoms with Crippen LogP contribution in [-0.2, 0) is 12.8 Å². The number of benzene rings is 1. The standard InChI is InChI=1S/C18H29NO/c1-4-11-19(12-5-2)14-15-9-10-17-16(13-15)7-6-8-18(17)20-3/h6-8,15H,4-5,9-14H2,1-3H3/t15-/m1/s1. The van der Waals surface area contributed by atoms with Crippen LogP contribution in [0.15, 0.2) is 18.2 Å². The topological polar surface area (TPSA) is 12.5 Å². The van der Waals surface area contributed by atoms with Gasteiger partial charge in [-0.15, -0.1) is 0 Å². The highest BCUT2D eigenvalue weighted by molar-refractivity contribution is 5.42. The molecule has 0 spiro atoms. The molecule has 2 rings (SSSR count). The van der Waals surface area contributed by atoms with Gasteiger partial charge in [0.1, 0.15) is 5.75 Å². The third-order valence-corrected chi connectivity index (χ3v) is 4.36. The Hall–Kier alpha value is -1.02. The summed E-state index contributed by atoms with van der Waals surface area (Å²) in [5.41, 5.74) is 2.96. The van der Waals surface area contributed by atoms with Crippen LogP contribution in [0, 0.1) is 5.92 Å². The van der Waals surface area contributed by atoms with Crippen molar-refractivity contribution in [3.63, 3.8) is 0 Å². The molecule has 0 aliphatic heterocycles. The van der Waals surface area contributed by atoms with Gasteiger partial charge in [-0.2, -0.15) is 0 Å². The highest BCUT2D eigenvalue weighted by Crippen LogP contribution is 2.32. The summed E-state index contributed by atoms with van der Waals surface area (Å²) >= 11 is 0. The van der Waals surface area contributed by atoms with Crippen molar-refractivity contribution in [3.8, 4) is 5.75 Å². The monoisotopic (exact) mass is 275 g/mol. The van der Waals surface area contributed by atoms with Gasteiger partial charge in [-0.1, -0.05) is 26.0 Å². The van der Waals surface area contributed by atoms with Crippen LogP contribution in [0.3, 0.4) is 0 Å². The molecule has 0 aromatic heterocycles. The van der Waals surface area contributed by atoms with Crippen LogP contribution in [0.2, 0.25) is 0 Å². The maximum Gasteiger partial charge on any atom is 0.122 e. The largest absolute Gasteiger partial charge is 0.496 e. The zero-order chi connectivity index (χ0) is 14.4. The lowest BCUT2D eigenvalue weighted by Gasteiger charge is -2.31. The Morgan fingerprint density at radius 1 is 1.20 bits per heavy atom. The van der Waals surface area contributed by atoms with Gasteiger partial charge in [0.05, 0.1) is 7.11 Å². The van der Waals surface area contributed by atoms with Crippen molar-refractivity contribution in [1.82, 2.24) is 4.90 Å². The number of methoxy groups -OCH3 is 1. The highest BCUT2D eigenvalue weighted by atomic mass is 16.5. The summed E-state index contributed by atoms with van der Waals surface area (Å²) in [4.78, 5) is 2.65. The maximum atomic E-state index is 5.50. The van der Waals surface area contributed by atoms with Crippen LogP contribution in [-0.4, -0.2) is 31.6 Å². The number of hydrogen-bond donors (Lipinski definition) is 0. The molecule has 1 aromatic rings. The van der Waals surface area contributed by atoms with Crippen molar-refractivity contribution in [2.24, 2.45) is 5.92 Å². The van der Waals surface area contributed by atoms with Crippen LogP contribution < -0.4 is 4.74 Å². The molecule has 0 saturated heterocycles. The molecule has 1 aromatic carbocycles. The minimum absolute atomic E-state index is 0.813. The number of ether oxygens (including phenoxy) is 1. The summed E-state index contributed by atoms with van der Waals surface area (Å²) in [7, 11) is 1.78. The van der Waals surface area contributed by atoms with Gasteiger partial charge in [0.25, 0.3) is 0 Å².